The highest BCUT2D eigenvalue weighted by molar-refractivity contribution is 5.80. The minimum Gasteiger partial charge on any atom is -0.369 e. The molecule has 1 saturated heterocycles. The molecule has 5 heteroatoms. The first-order valence-electron chi connectivity index (χ1n) is 13.6. The van der Waals surface area contributed by atoms with Crippen molar-refractivity contribution in [2.75, 3.05) is 51.2 Å². The van der Waals surface area contributed by atoms with E-state index in [-0.39, 0.29) is 5.91 Å². The van der Waals surface area contributed by atoms with E-state index in [4.69, 9.17) is 0 Å². The molecule has 1 saturated carbocycles. The second-order valence-electron chi connectivity index (χ2n) is 11.0. The van der Waals surface area contributed by atoms with Gasteiger partial charge in [0.15, 0.2) is 0 Å². The molecule has 0 bridgehead atoms. The van der Waals surface area contributed by atoms with E-state index in [0.717, 1.165) is 44.6 Å². The van der Waals surface area contributed by atoms with Crippen LogP contribution in [0.4, 0.5) is 5.69 Å². The summed E-state index contributed by atoms with van der Waals surface area (Å²) in [5.74, 6) is 0.189. The fraction of sp³-hybridized carbons (Fsp3) is 0.406. The highest BCUT2D eigenvalue weighted by atomic mass is 16.2. The van der Waals surface area contributed by atoms with E-state index in [1.54, 1.807) is 0 Å². The number of allylic oxidation sites excluding steroid dienone is 2. The highest BCUT2D eigenvalue weighted by Gasteiger charge is 2.28. The summed E-state index contributed by atoms with van der Waals surface area (Å²) < 4.78 is 0. The number of rotatable bonds is 7. The average molecular weight is 497 g/mol. The monoisotopic (exact) mass is 496 g/mol. The van der Waals surface area contributed by atoms with Crippen LogP contribution in [0.25, 0.3) is 5.70 Å². The predicted molar refractivity (Wildman–Crippen MR) is 153 cm³/mol. The van der Waals surface area contributed by atoms with Crippen LogP contribution in [-0.2, 0) is 11.2 Å². The van der Waals surface area contributed by atoms with E-state index >= 15 is 0 Å². The quantitative estimate of drug-likeness (QED) is 0.570. The van der Waals surface area contributed by atoms with Gasteiger partial charge in [-0.2, -0.15) is 0 Å². The summed E-state index contributed by atoms with van der Waals surface area (Å²) in [5, 5.41) is 3.86. The van der Waals surface area contributed by atoms with Crippen molar-refractivity contribution in [2.24, 2.45) is 0 Å². The van der Waals surface area contributed by atoms with Gasteiger partial charge in [-0.3, -0.25) is 4.79 Å². The molecule has 3 aliphatic rings. The van der Waals surface area contributed by atoms with Crippen molar-refractivity contribution in [3.05, 3.63) is 93.7 Å². The molecule has 0 aromatic heterocycles. The molecule has 2 aliphatic heterocycles. The summed E-state index contributed by atoms with van der Waals surface area (Å²) in [4.78, 5) is 20.0. The number of hydrogen-bond donors (Lipinski definition) is 1. The normalized spacial score (nSPS) is 17.8. The second-order valence-corrected chi connectivity index (χ2v) is 11.0. The van der Waals surface area contributed by atoms with Crippen LogP contribution in [0.2, 0.25) is 0 Å². The molecule has 1 aliphatic carbocycles. The average Bonchev–Trinajstić information content (AvgIpc) is 3.67. The summed E-state index contributed by atoms with van der Waals surface area (Å²) in [5.41, 5.74) is 11.3. The Balaban J connectivity index is 1.30. The van der Waals surface area contributed by atoms with Gasteiger partial charge in [-0.05, 0) is 80.6 Å². The zero-order chi connectivity index (χ0) is 25.9. The molecule has 2 aromatic carbocycles. The van der Waals surface area contributed by atoms with Gasteiger partial charge >= 0.3 is 0 Å². The van der Waals surface area contributed by atoms with E-state index in [1.807, 2.05) is 35.2 Å². The van der Waals surface area contributed by atoms with E-state index in [0.29, 0.717) is 19.5 Å². The minimum atomic E-state index is 0.189. The van der Waals surface area contributed by atoms with Crippen molar-refractivity contribution < 1.29 is 4.79 Å². The number of anilines is 1. The fourth-order valence-electron chi connectivity index (χ4n) is 5.32. The molecule has 2 heterocycles. The Morgan fingerprint density at radius 2 is 1.57 bits per heavy atom. The maximum atomic E-state index is 13.1. The van der Waals surface area contributed by atoms with Crippen LogP contribution in [0, 0.1) is 0 Å². The first-order chi connectivity index (χ1) is 17.9. The van der Waals surface area contributed by atoms with E-state index in [2.05, 4.69) is 67.2 Å². The lowest BCUT2D eigenvalue weighted by molar-refractivity contribution is -0.129. The van der Waals surface area contributed by atoms with Gasteiger partial charge in [-0.1, -0.05) is 48.0 Å². The third kappa shape index (κ3) is 5.99. The van der Waals surface area contributed by atoms with E-state index in [9.17, 15) is 4.79 Å². The van der Waals surface area contributed by atoms with Crippen LogP contribution < -0.4 is 10.2 Å². The summed E-state index contributed by atoms with van der Waals surface area (Å²) >= 11 is 0. The Hall–Kier alpha value is -3.31. The van der Waals surface area contributed by atoms with Crippen molar-refractivity contribution in [3.63, 3.8) is 0 Å². The molecular weight excluding hydrogens is 456 g/mol. The van der Waals surface area contributed by atoms with Crippen molar-refractivity contribution in [3.8, 4) is 0 Å². The van der Waals surface area contributed by atoms with Gasteiger partial charge in [0.25, 0.3) is 0 Å². The van der Waals surface area contributed by atoms with Crippen LogP contribution in [-0.4, -0.2) is 62.0 Å². The molecule has 2 aromatic rings. The van der Waals surface area contributed by atoms with Gasteiger partial charge in [0.2, 0.25) is 5.91 Å². The zero-order valence-corrected chi connectivity index (χ0v) is 22.8. The van der Waals surface area contributed by atoms with Crippen molar-refractivity contribution in [2.45, 2.75) is 40.0 Å². The van der Waals surface area contributed by atoms with Crippen LogP contribution in [0.1, 0.15) is 44.7 Å². The van der Waals surface area contributed by atoms with Gasteiger partial charge in [0.1, 0.15) is 0 Å². The topological polar surface area (TPSA) is 38.8 Å². The molecule has 0 radical (unpaired) electrons. The Kier molecular flexibility index (Phi) is 7.52. The van der Waals surface area contributed by atoms with Gasteiger partial charge in [-0.15, -0.1) is 0 Å². The number of nitrogens with one attached hydrogen (secondary N) is 1. The molecule has 5 nitrogen and oxygen atoms in total. The lowest BCUT2D eigenvalue weighted by Crippen LogP contribution is -2.44. The van der Waals surface area contributed by atoms with Crippen molar-refractivity contribution in [1.29, 1.82) is 0 Å². The first-order valence-corrected chi connectivity index (χ1v) is 13.6. The number of carbonyl (C=O) groups excluding carboxylic acids is 1. The Labute approximate surface area is 222 Å². The summed E-state index contributed by atoms with van der Waals surface area (Å²) in [6.45, 7) is 12.3. The number of carbonyl (C=O) groups is 1. The number of benzene rings is 2. The predicted octanol–water partition coefficient (Wildman–Crippen LogP) is 5.23. The number of piperazine rings is 1. The molecule has 0 spiro atoms. The number of likely N-dealkylation sites (N-methyl/N-ethyl adjacent to an activating group) is 1. The SMILES string of the molecule is CC(C)=C(NC(=C1CC1)c1ccc(N2CCN(C)CC2)cc1)C1=C(C)CN(C(=O)Cc2ccccc2)C1. The number of nitrogens with zero attached hydrogens (tertiary/aromatic N) is 3. The Morgan fingerprint density at radius 3 is 2.19 bits per heavy atom. The van der Waals surface area contributed by atoms with Gasteiger partial charge < -0.3 is 20.0 Å². The van der Waals surface area contributed by atoms with Crippen LogP contribution in [0.3, 0.4) is 0 Å². The maximum absolute atomic E-state index is 13.1. The molecule has 5 rings (SSSR count). The number of amides is 1. The lowest BCUT2D eigenvalue weighted by Gasteiger charge is -2.34. The van der Waals surface area contributed by atoms with Gasteiger partial charge in [0, 0.05) is 56.4 Å². The second kappa shape index (κ2) is 11.0. The molecule has 37 heavy (non-hydrogen) atoms. The first kappa shape index (κ1) is 25.3. The van der Waals surface area contributed by atoms with Crippen LogP contribution in [0.15, 0.2) is 82.6 Å². The molecule has 1 N–H and O–H groups in total. The third-order valence-electron chi connectivity index (χ3n) is 7.77. The Bertz CT molecular complexity index is 1220. The molecule has 194 valence electrons. The molecule has 0 atom stereocenters. The summed E-state index contributed by atoms with van der Waals surface area (Å²) in [6.07, 6.45) is 2.75. The lowest BCUT2D eigenvalue weighted by atomic mass is 10.0. The van der Waals surface area contributed by atoms with E-state index in [1.165, 1.54) is 44.9 Å². The fourth-order valence-corrected chi connectivity index (χ4v) is 5.32. The number of hydrogen-bond acceptors (Lipinski definition) is 4. The smallest absolute Gasteiger partial charge is 0.227 e. The standard InChI is InChI=1S/C32H40N4O/c1-23(2)31(29-22-36(21-24(29)3)30(37)20-25-8-6-5-7-9-25)33-32(26-10-11-26)27-12-14-28(15-13-27)35-18-16-34(4)17-19-35/h5-9,12-15,33H,10-11,16-22H2,1-4H3. The van der Waals surface area contributed by atoms with Crippen molar-refractivity contribution in [1.82, 2.24) is 15.1 Å². The third-order valence-corrected chi connectivity index (χ3v) is 7.77. The summed E-state index contributed by atoms with van der Waals surface area (Å²) in [7, 11) is 2.20. The Morgan fingerprint density at radius 1 is 0.892 bits per heavy atom. The van der Waals surface area contributed by atoms with Crippen LogP contribution >= 0.6 is 0 Å². The van der Waals surface area contributed by atoms with Gasteiger partial charge in [0.05, 0.1) is 6.42 Å². The zero-order valence-electron chi connectivity index (χ0n) is 22.8. The minimum absolute atomic E-state index is 0.189. The maximum Gasteiger partial charge on any atom is 0.227 e. The van der Waals surface area contributed by atoms with Crippen molar-refractivity contribution >= 4 is 17.3 Å². The van der Waals surface area contributed by atoms with Crippen LogP contribution in [0.5, 0.6) is 0 Å². The van der Waals surface area contributed by atoms with Gasteiger partial charge in [-0.25, -0.2) is 0 Å². The molecule has 1 amide bonds. The molecule has 2 fully saturated rings. The van der Waals surface area contributed by atoms with E-state index < -0.39 is 0 Å². The summed E-state index contributed by atoms with van der Waals surface area (Å²) in [6, 6.07) is 19.1. The molecular formula is C32H40N4O. The highest BCUT2D eigenvalue weighted by Crippen LogP contribution is 2.37. The largest absolute Gasteiger partial charge is 0.369 e. The molecule has 0 unspecified atom stereocenters.